The van der Waals surface area contributed by atoms with Gasteiger partial charge in [-0.25, -0.2) is 0 Å². The standard InChI is InChI=1S/C15H14ClN3O2S/c1-21-13-8-7-10(16)9-12(13)14(20)17-15(22)19-18-11-5-3-2-4-6-11/h2-9,18H,1H3,(H2,17,19,20,22). The molecule has 2 aromatic carbocycles. The Hall–Kier alpha value is -2.31. The van der Waals surface area contributed by atoms with Crippen LogP contribution in [-0.4, -0.2) is 18.1 Å². The Morgan fingerprint density at radius 1 is 1.18 bits per heavy atom. The third-order valence-electron chi connectivity index (χ3n) is 2.73. The van der Waals surface area contributed by atoms with Crippen molar-refractivity contribution < 1.29 is 9.53 Å². The lowest BCUT2D eigenvalue weighted by Gasteiger charge is -2.13. The number of halogens is 1. The molecule has 114 valence electrons. The van der Waals surface area contributed by atoms with Crippen molar-refractivity contribution in [3.8, 4) is 5.75 Å². The van der Waals surface area contributed by atoms with Crippen LogP contribution in [0.1, 0.15) is 10.4 Å². The molecule has 0 saturated carbocycles. The van der Waals surface area contributed by atoms with Gasteiger partial charge in [0, 0.05) is 5.02 Å². The van der Waals surface area contributed by atoms with E-state index in [9.17, 15) is 4.79 Å². The summed E-state index contributed by atoms with van der Waals surface area (Å²) in [5, 5.41) is 3.12. The Bertz CT molecular complexity index is 680. The van der Waals surface area contributed by atoms with Gasteiger partial charge in [0.05, 0.1) is 18.4 Å². The number of carbonyl (C=O) groups excluding carboxylic acids is 1. The van der Waals surface area contributed by atoms with E-state index < -0.39 is 5.91 Å². The third-order valence-corrected chi connectivity index (χ3v) is 3.17. The predicted octanol–water partition coefficient (Wildman–Crippen LogP) is 2.98. The molecule has 2 rings (SSSR count). The number of ether oxygens (including phenoxy) is 1. The lowest BCUT2D eigenvalue weighted by atomic mass is 10.2. The van der Waals surface area contributed by atoms with Crippen molar-refractivity contribution in [2.45, 2.75) is 0 Å². The molecule has 0 fully saturated rings. The van der Waals surface area contributed by atoms with Gasteiger partial charge in [0.15, 0.2) is 5.11 Å². The predicted molar refractivity (Wildman–Crippen MR) is 91.3 cm³/mol. The molecule has 2 aromatic rings. The largest absolute Gasteiger partial charge is 0.496 e. The molecule has 7 heteroatoms. The Morgan fingerprint density at radius 3 is 2.59 bits per heavy atom. The third kappa shape index (κ3) is 4.34. The number of rotatable bonds is 4. The van der Waals surface area contributed by atoms with Gasteiger partial charge in [-0.1, -0.05) is 29.8 Å². The van der Waals surface area contributed by atoms with Gasteiger partial charge in [0.25, 0.3) is 5.91 Å². The first-order valence-electron chi connectivity index (χ1n) is 6.36. The van der Waals surface area contributed by atoms with Gasteiger partial charge in [0.2, 0.25) is 0 Å². The molecule has 0 unspecified atom stereocenters. The van der Waals surface area contributed by atoms with Crippen molar-refractivity contribution in [2.24, 2.45) is 0 Å². The maximum atomic E-state index is 12.2. The van der Waals surface area contributed by atoms with Crippen LogP contribution in [0.25, 0.3) is 0 Å². The summed E-state index contributed by atoms with van der Waals surface area (Å²) in [5.41, 5.74) is 6.73. The fraction of sp³-hybridized carbons (Fsp3) is 0.0667. The lowest BCUT2D eigenvalue weighted by Crippen LogP contribution is -2.42. The number of amides is 1. The molecular weight excluding hydrogens is 322 g/mol. The van der Waals surface area contributed by atoms with Gasteiger partial charge in [0.1, 0.15) is 5.75 Å². The van der Waals surface area contributed by atoms with Crippen molar-refractivity contribution >= 4 is 40.5 Å². The molecule has 0 aliphatic carbocycles. The number of hydrazine groups is 1. The number of methoxy groups -OCH3 is 1. The second kappa shape index (κ2) is 7.63. The molecule has 0 atom stereocenters. The van der Waals surface area contributed by atoms with Gasteiger partial charge in [-0.05, 0) is 42.5 Å². The molecule has 0 bridgehead atoms. The number of para-hydroxylation sites is 1. The van der Waals surface area contributed by atoms with E-state index in [2.05, 4.69) is 16.2 Å². The Morgan fingerprint density at radius 2 is 1.91 bits per heavy atom. The topological polar surface area (TPSA) is 62.4 Å². The summed E-state index contributed by atoms with van der Waals surface area (Å²) in [7, 11) is 1.48. The highest BCUT2D eigenvalue weighted by molar-refractivity contribution is 7.80. The van der Waals surface area contributed by atoms with E-state index in [4.69, 9.17) is 28.6 Å². The van der Waals surface area contributed by atoms with Crippen molar-refractivity contribution in [3.63, 3.8) is 0 Å². The molecule has 0 heterocycles. The maximum Gasteiger partial charge on any atom is 0.261 e. The van der Waals surface area contributed by atoms with Crippen molar-refractivity contribution in [3.05, 3.63) is 59.1 Å². The van der Waals surface area contributed by atoms with E-state index in [1.165, 1.54) is 13.2 Å². The minimum Gasteiger partial charge on any atom is -0.496 e. The van der Waals surface area contributed by atoms with E-state index >= 15 is 0 Å². The SMILES string of the molecule is COc1ccc(Cl)cc1C(=O)NC(=S)NNc1ccccc1. The van der Waals surface area contributed by atoms with Gasteiger partial charge >= 0.3 is 0 Å². The fourth-order valence-corrected chi connectivity index (χ4v) is 2.03. The first-order chi connectivity index (χ1) is 10.6. The normalized spacial score (nSPS) is 9.73. The summed E-state index contributed by atoms with van der Waals surface area (Å²) < 4.78 is 5.13. The molecular formula is C15H14ClN3O2S. The molecule has 1 amide bonds. The van der Waals surface area contributed by atoms with E-state index in [1.807, 2.05) is 30.3 Å². The van der Waals surface area contributed by atoms with Gasteiger partial charge in [-0.2, -0.15) is 0 Å². The molecule has 0 aromatic heterocycles. The molecule has 22 heavy (non-hydrogen) atoms. The number of thiocarbonyl (C=S) groups is 1. The van der Waals surface area contributed by atoms with Crippen LogP contribution in [-0.2, 0) is 0 Å². The first kappa shape index (κ1) is 16.1. The first-order valence-corrected chi connectivity index (χ1v) is 7.14. The highest BCUT2D eigenvalue weighted by atomic mass is 35.5. The molecule has 0 aliphatic rings. The zero-order valence-electron chi connectivity index (χ0n) is 11.7. The molecule has 0 saturated heterocycles. The average molecular weight is 336 g/mol. The summed E-state index contributed by atoms with van der Waals surface area (Å²) in [4.78, 5) is 12.2. The molecule has 3 N–H and O–H groups in total. The van der Waals surface area contributed by atoms with Gasteiger partial charge in [-0.3, -0.25) is 21.0 Å². The second-order valence-electron chi connectivity index (χ2n) is 4.24. The van der Waals surface area contributed by atoms with Gasteiger partial charge < -0.3 is 4.74 Å². The van der Waals surface area contributed by atoms with E-state index in [0.717, 1.165) is 5.69 Å². The number of hydrogen-bond acceptors (Lipinski definition) is 4. The maximum absolute atomic E-state index is 12.2. The van der Waals surface area contributed by atoms with Crippen LogP contribution < -0.4 is 20.9 Å². The van der Waals surface area contributed by atoms with E-state index in [0.29, 0.717) is 16.3 Å². The minimum atomic E-state index is -0.410. The van der Waals surface area contributed by atoms with Crippen molar-refractivity contribution in [2.75, 3.05) is 12.5 Å². The number of anilines is 1. The van der Waals surface area contributed by atoms with Crippen LogP contribution in [0.4, 0.5) is 5.69 Å². The monoisotopic (exact) mass is 335 g/mol. The highest BCUT2D eigenvalue weighted by Gasteiger charge is 2.14. The molecule has 5 nitrogen and oxygen atoms in total. The van der Waals surface area contributed by atoms with Crippen LogP contribution in [0.2, 0.25) is 5.02 Å². The van der Waals surface area contributed by atoms with Crippen LogP contribution in [0.3, 0.4) is 0 Å². The Kier molecular flexibility index (Phi) is 5.57. The average Bonchev–Trinajstić information content (AvgIpc) is 2.54. The van der Waals surface area contributed by atoms with Crippen LogP contribution in [0.15, 0.2) is 48.5 Å². The summed E-state index contributed by atoms with van der Waals surface area (Å²) >= 11 is 11.0. The summed E-state index contributed by atoms with van der Waals surface area (Å²) in [5.74, 6) is 0.00688. The molecule has 0 aliphatic heterocycles. The van der Waals surface area contributed by atoms with E-state index in [1.54, 1.807) is 12.1 Å². The number of nitrogens with one attached hydrogen (secondary N) is 3. The summed E-state index contributed by atoms with van der Waals surface area (Å²) in [6.45, 7) is 0. The smallest absolute Gasteiger partial charge is 0.261 e. The fourth-order valence-electron chi connectivity index (χ4n) is 1.71. The second-order valence-corrected chi connectivity index (χ2v) is 5.09. The minimum absolute atomic E-state index is 0.135. The van der Waals surface area contributed by atoms with Gasteiger partial charge in [-0.15, -0.1) is 0 Å². The van der Waals surface area contributed by atoms with Crippen molar-refractivity contribution in [1.29, 1.82) is 0 Å². The molecule has 0 radical (unpaired) electrons. The number of benzene rings is 2. The van der Waals surface area contributed by atoms with Crippen molar-refractivity contribution in [1.82, 2.24) is 10.7 Å². The van der Waals surface area contributed by atoms with Crippen LogP contribution >= 0.6 is 23.8 Å². The molecule has 0 spiro atoms. The quantitative estimate of drug-likeness (QED) is 0.592. The number of hydrogen-bond donors (Lipinski definition) is 3. The van der Waals surface area contributed by atoms with Crippen LogP contribution in [0, 0.1) is 0 Å². The van der Waals surface area contributed by atoms with E-state index in [-0.39, 0.29) is 5.11 Å². The zero-order valence-corrected chi connectivity index (χ0v) is 13.3. The zero-order chi connectivity index (χ0) is 15.9. The number of carbonyl (C=O) groups is 1. The van der Waals surface area contributed by atoms with Crippen LogP contribution in [0.5, 0.6) is 5.75 Å². The Labute approximate surface area is 138 Å². The Balaban J connectivity index is 1.97. The highest BCUT2D eigenvalue weighted by Crippen LogP contribution is 2.22. The lowest BCUT2D eigenvalue weighted by molar-refractivity contribution is 0.0974. The summed E-state index contributed by atoms with van der Waals surface area (Å²) in [6, 6.07) is 14.2. The summed E-state index contributed by atoms with van der Waals surface area (Å²) in [6.07, 6.45) is 0.